The van der Waals surface area contributed by atoms with Crippen molar-refractivity contribution < 1.29 is 9.53 Å². The van der Waals surface area contributed by atoms with Crippen molar-refractivity contribution in [1.82, 2.24) is 10.2 Å². The zero-order valence-corrected chi connectivity index (χ0v) is 7.95. The average molecular weight is 184 g/mol. The Morgan fingerprint density at radius 1 is 1.62 bits per heavy atom. The zero-order chi connectivity index (χ0) is 9.68. The van der Waals surface area contributed by atoms with E-state index in [9.17, 15) is 4.79 Å². The summed E-state index contributed by atoms with van der Waals surface area (Å²) < 4.78 is 5.21. The summed E-state index contributed by atoms with van der Waals surface area (Å²) in [5.74, 6) is 0. The summed E-state index contributed by atoms with van der Waals surface area (Å²) in [6.45, 7) is 4.94. The van der Waals surface area contributed by atoms with Gasteiger partial charge in [-0.05, 0) is 19.0 Å². The Labute approximate surface area is 78.5 Å². The predicted octanol–water partition coefficient (Wildman–Crippen LogP) is 0.950. The lowest BCUT2D eigenvalue weighted by Gasteiger charge is -2.30. The van der Waals surface area contributed by atoms with Crippen LogP contribution < -0.4 is 5.32 Å². The minimum absolute atomic E-state index is 0.0955. The number of rotatable bonds is 2. The molecule has 1 aliphatic rings. The Kier molecular flexibility index (Phi) is 3.76. The standard InChI is InChI=1S/C9H16N2O2/c1-3-10-9(12)11(2)8-4-6-13-7-5-8/h3,8H,1,4-7H2,2H3,(H,10,12). The van der Waals surface area contributed by atoms with E-state index in [0.29, 0.717) is 6.04 Å². The van der Waals surface area contributed by atoms with Crippen LogP contribution in [0.4, 0.5) is 4.79 Å². The summed E-state index contributed by atoms with van der Waals surface area (Å²) in [6, 6.07) is 0.204. The minimum Gasteiger partial charge on any atom is -0.381 e. The molecule has 4 heteroatoms. The van der Waals surface area contributed by atoms with Crippen molar-refractivity contribution in [2.45, 2.75) is 18.9 Å². The van der Waals surface area contributed by atoms with E-state index in [4.69, 9.17) is 4.74 Å². The second-order valence-electron chi connectivity index (χ2n) is 3.11. The fourth-order valence-electron chi connectivity index (χ4n) is 1.43. The van der Waals surface area contributed by atoms with E-state index in [0.717, 1.165) is 26.1 Å². The molecule has 1 rings (SSSR count). The predicted molar refractivity (Wildman–Crippen MR) is 50.3 cm³/mol. The molecule has 0 aromatic heterocycles. The normalized spacial score (nSPS) is 17.9. The highest BCUT2D eigenvalue weighted by Gasteiger charge is 2.21. The van der Waals surface area contributed by atoms with Crippen LogP contribution in [0.5, 0.6) is 0 Å². The molecule has 4 nitrogen and oxygen atoms in total. The molecule has 0 saturated carbocycles. The van der Waals surface area contributed by atoms with Crippen molar-refractivity contribution in [1.29, 1.82) is 0 Å². The van der Waals surface area contributed by atoms with E-state index in [1.807, 2.05) is 0 Å². The zero-order valence-electron chi connectivity index (χ0n) is 7.95. The first-order valence-corrected chi connectivity index (χ1v) is 4.47. The summed E-state index contributed by atoms with van der Waals surface area (Å²) in [5, 5.41) is 2.55. The van der Waals surface area contributed by atoms with Crippen LogP contribution in [0.3, 0.4) is 0 Å². The fraction of sp³-hybridized carbons (Fsp3) is 0.667. The summed E-state index contributed by atoms with van der Waals surface area (Å²) in [5.41, 5.74) is 0. The van der Waals surface area contributed by atoms with Crippen molar-refractivity contribution in [2.75, 3.05) is 20.3 Å². The highest BCUT2D eigenvalue weighted by Crippen LogP contribution is 2.12. The molecule has 0 radical (unpaired) electrons. The summed E-state index contributed by atoms with van der Waals surface area (Å²) in [6.07, 6.45) is 3.24. The smallest absolute Gasteiger partial charge is 0.321 e. The van der Waals surface area contributed by atoms with Gasteiger partial charge in [-0.3, -0.25) is 0 Å². The van der Waals surface area contributed by atoms with Gasteiger partial charge in [0.2, 0.25) is 0 Å². The third-order valence-corrected chi connectivity index (χ3v) is 2.28. The van der Waals surface area contributed by atoms with Gasteiger partial charge in [-0.1, -0.05) is 6.58 Å². The Balaban J connectivity index is 2.39. The van der Waals surface area contributed by atoms with Crippen molar-refractivity contribution in [3.05, 3.63) is 12.8 Å². The number of carbonyl (C=O) groups excluding carboxylic acids is 1. The number of nitrogens with one attached hydrogen (secondary N) is 1. The van der Waals surface area contributed by atoms with E-state index in [1.54, 1.807) is 11.9 Å². The van der Waals surface area contributed by atoms with Crippen LogP contribution in [0.2, 0.25) is 0 Å². The van der Waals surface area contributed by atoms with Gasteiger partial charge in [0.25, 0.3) is 0 Å². The highest BCUT2D eigenvalue weighted by atomic mass is 16.5. The van der Waals surface area contributed by atoms with Gasteiger partial charge in [-0.25, -0.2) is 4.79 Å². The molecule has 1 N–H and O–H groups in total. The highest BCUT2D eigenvalue weighted by molar-refractivity contribution is 5.75. The second kappa shape index (κ2) is 4.87. The lowest BCUT2D eigenvalue weighted by molar-refractivity contribution is 0.0531. The SMILES string of the molecule is C=CNC(=O)N(C)C1CCOCC1. The van der Waals surface area contributed by atoms with Crippen LogP contribution in [0, 0.1) is 0 Å². The monoisotopic (exact) mass is 184 g/mol. The van der Waals surface area contributed by atoms with Gasteiger partial charge >= 0.3 is 6.03 Å². The van der Waals surface area contributed by atoms with Gasteiger partial charge in [0, 0.05) is 26.3 Å². The molecule has 13 heavy (non-hydrogen) atoms. The van der Waals surface area contributed by atoms with E-state index < -0.39 is 0 Å². The van der Waals surface area contributed by atoms with E-state index in [1.165, 1.54) is 6.20 Å². The number of hydrogen-bond acceptors (Lipinski definition) is 2. The maximum Gasteiger partial charge on any atom is 0.321 e. The molecule has 1 aliphatic heterocycles. The summed E-state index contributed by atoms with van der Waals surface area (Å²) in [7, 11) is 1.80. The maximum absolute atomic E-state index is 11.3. The number of hydrogen-bond donors (Lipinski definition) is 1. The summed E-state index contributed by atoms with van der Waals surface area (Å²) in [4.78, 5) is 13.1. The van der Waals surface area contributed by atoms with Gasteiger partial charge in [-0.15, -0.1) is 0 Å². The molecule has 74 valence electrons. The molecule has 2 amide bonds. The molecule has 0 aromatic rings. The molecule has 1 fully saturated rings. The van der Waals surface area contributed by atoms with Gasteiger partial charge < -0.3 is 15.0 Å². The molecule has 0 unspecified atom stereocenters. The number of urea groups is 1. The molecule has 0 aliphatic carbocycles. The van der Waals surface area contributed by atoms with E-state index in [-0.39, 0.29) is 6.03 Å². The van der Waals surface area contributed by atoms with Gasteiger partial charge in [0.05, 0.1) is 0 Å². The van der Waals surface area contributed by atoms with Crippen molar-refractivity contribution in [2.24, 2.45) is 0 Å². The Bertz CT molecular complexity index is 188. The number of amides is 2. The largest absolute Gasteiger partial charge is 0.381 e. The van der Waals surface area contributed by atoms with Gasteiger partial charge in [-0.2, -0.15) is 0 Å². The number of nitrogens with zero attached hydrogens (tertiary/aromatic N) is 1. The van der Waals surface area contributed by atoms with Crippen LogP contribution in [0.15, 0.2) is 12.8 Å². The first-order chi connectivity index (χ1) is 6.25. The maximum atomic E-state index is 11.3. The van der Waals surface area contributed by atoms with Crippen LogP contribution in [0.25, 0.3) is 0 Å². The van der Waals surface area contributed by atoms with Gasteiger partial charge in [0.15, 0.2) is 0 Å². The second-order valence-corrected chi connectivity index (χ2v) is 3.11. The van der Waals surface area contributed by atoms with Crippen molar-refractivity contribution in [3.63, 3.8) is 0 Å². The van der Waals surface area contributed by atoms with Gasteiger partial charge in [0.1, 0.15) is 0 Å². The molecule has 0 atom stereocenters. The molecular formula is C9H16N2O2. The quantitative estimate of drug-likeness (QED) is 0.694. The third kappa shape index (κ3) is 2.73. The third-order valence-electron chi connectivity index (χ3n) is 2.28. The van der Waals surface area contributed by atoms with Crippen molar-refractivity contribution >= 4 is 6.03 Å². The van der Waals surface area contributed by atoms with Crippen LogP contribution in [-0.4, -0.2) is 37.2 Å². The Morgan fingerprint density at radius 2 is 2.23 bits per heavy atom. The lowest BCUT2D eigenvalue weighted by atomic mass is 10.1. The molecule has 0 aromatic carbocycles. The van der Waals surface area contributed by atoms with Crippen LogP contribution >= 0.6 is 0 Å². The molecule has 0 spiro atoms. The molecule has 1 saturated heterocycles. The molecule has 0 bridgehead atoms. The topological polar surface area (TPSA) is 41.6 Å². The van der Waals surface area contributed by atoms with E-state index >= 15 is 0 Å². The minimum atomic E-state index is -0.0955. The Morgan fingerprint density at radius 3 is 2.77 bits per heavy atom. The first-order valence-electron chi connectivity index (χ1n) is 4.47. The van der Waals surface area contributed by atoms with Crippen LogP contribution in [-0.2, 0) is 4.74 Å². The molecule has 1 heterocycles. The molecular weight excluding hydrogens is 168 g/mol. The summed E-state index contributed by atoms with van der Waals surface area (Å²) >= 11 is 0. The average Bonchev–Trinajstić information content (AvgIpc) is 2.18. The lowest BCUT2D eigenvalue weighted by Crippen LogP contribution is -2.44. The van der Waals surface area contributed by atoms with Crippen molar-refractivity contribution in [3.8, 4) is 0 Å². The van der Waals surface area contributed by atoms with Crippen LogP contribution in [0.1, 0.15) is 12.8 Å². The Hall–Kier alpha value is -1.03. The number of carbonyl (C=O) groups is 1. The van der Waals surface area contributed by atoms with E-state index in [2.05, 4.69) is 11.9 Å². The first kappa shape index (κ1) is 10.1. The number of ether oxygens (including phenoxy) is 1. The fourth-order valence-corrected chi connectivity index (χ4v) is 1.43.